The molecule has 2 heterocycles. The van der Waals surface area contributed by atoms with E-state index in [1.54, 1.807) is 4.68 Å². The molecule has 0 bridgehead atoms. The summed E-state index contributed by atoms with van der Waals surface area (Å²) in [6, 6.07) is 8.40. The van der Waals surface area contributed by atoms with Crippen molar-refractivity contribution in [2.45, 2.75) is 39.3 Å². The molecular formula is C17H22N4O2. The van der Waals surface area contributed by atoms with Gasteiger partial charge in [-0.1, -0.05) is 23.4 Å². The van der Waals surface area contributed by atoms with Crippen LogP contribution in [0, 0.1) is 12.8 Å². The fourth-order valence-corrected chi connectivity index (χ4v) is 3.12. The molecule has 1 aromatic heterocycles. The maximum absolute atomic E-state index is 11.2. The maximum atomic E-state index is 11.2. The van der Waals surface area contributed by atoms with Crippen LogP contribution in [0.15, 0.2) is 30.5 Å². The minimum absolute atomic E-state index is 0.280. The van der Waals surface area contributed by atoms with Gasteiger partial charge in [0.1, 0.15) is 0 Å². The lowest BCUT2D eigenvalue weighted by atomic mass is 9.93. The van der Waals surface area contributed by atoms with E-state index in [1.165, 1.54) is 0 Å². The fraction of sp³-hybridized carbons (Fsp3) is 0.471. The number of nitrogens with zero attached hydrogens (tertiary/aromatic N) is 4. The van der Waals surface area contributed by atoms with Gasteiger partial charge in [-0.2, -0.15) is 0 Å². The highest BCUT2D eigenvalue weighted by Gasteiger charge is 2.30. The summed E-state index contributed by atoms with van der Waals surface area (Å²) in [5.41, 5.74) is 3.02. The number of benzene rings is 1. The smallest absolute Gasteiger partial charge is 0.307 e. The summed E-state index contributed by atoms with van der Waals surface area (Å²) in [6.07, 6.45) is 3.59. The SMILES string of the molecule is Cc1ccccc1-n1cc(CN2CC(C(=O)O)CCC2C)nn1. The first-order valence-corrected chi connectivity index (χ1v) is 7.98. The first kappa shape index (κ1) is 15.7. The number of piperidine rings is 1. The van der Waals surface area contributed by atoms with E-state index >= 15 is 0 Å². The van der Waals surface area contributed by atoms with Gasteiger partial charge in [-0.15, -0.1) is 5.10 Å². The van der Waals surface area contributed by atoms with Gasteiger partial charge < -0.3 is 5.11 Å². The summed E-state index contributed by atoms with van der Waals surface area (Å²) in [6.45, 7) is 5.40. The van der Waals surface area contributed by atoms with Crippen LogP contribution in [0.25, 0.3) is 5.69 Å². The molecule has 1 aromatic carbocycles. The maximum Gasteiger partial charge on any atom is 0.307 e. The molecule has 6 nitrogen and oxygen atoms in total. The van der Waals surface area contributed by atoms with E-state index in [0.717, 1.165) is 29.8 Å². The van der Waals surface area contributed by atoms with E-state index in [9.17, 15) is 9.90 Å². The van der Waals surface area contributed by atoms with Crippen molar-refractivity contribution in [3.05, 3.63) is 41.7 Å². The van der Waals surface area contributed by atoms with Gasteiger partial charge in [0, 0.05) is 19.1 Å². The average Bonchev–Trinajstić information content (AvgIpc) is 2.98. The third-order valence-corrected chi connectivity index (χ3v) is 4.63. The lowest BCUT2D eigenvalue weighted by molar-refractivity contribution is -0.144. The number of hydrogen-bond donors (Lipinski definition) is 1. The number of carbonyl (C=O) groups is 1. The Morgan fingerprint density at radius 3 is 2.87 bits per heavy atom. The Hall–Kier alpha value is -2.21. The molecule has 0 aliphatic carbocycles. The van der Waals surface area contributed by atoms with Crippen molar-refractivity contribution in [2.75, 3.05) is 6.54 Å². The van der Waals surface area contributed by atoms with Crippen LogP contribution in [-0.2, 0) is 11.3 Å². The van der Waals surface area contributed by atoms with Gasteiger partial charge in [0.15, 0.2) is 0 Å². The largest absolute Gasteiger partial charge is 0.481 e. The van der Waals surface area contributed by atoms with Crippen molar-refractivity contribution in [3.8, 4) is 5.69 Å². The standard InChI is InChI=1S/C17H22N4O2/c1-12-5-3-4-6-16(12)21-11-15(18-19-21)10-20-9-14(17(22)23)8-7-13(20)2/h3-6,11,13-14H,7-10H2,1-2H3,(H,22,23). The van der Waals surface area contributed by atoms with E-state index in [2.05, 4.69) is 22.1 Å². The normalized spacial score (nSPS) is 22.2. The van der Waals surface area contributed by atoms with Crippen molar-refractivity contribution in [3.63, 3.8) is 0 Å². The molecule has 1 saturated heterocycles. The molecule has 1 N–H and O–H groups in total. The van der Waals surface area contributed by atoms with Gasteiger partial charge in [0.2, 0.25) is 0 Å². The second-order valence-electron chi connectivity index (χ2n) is 6.33. The van der Waals surface area contributed by atoms with Crippen LogP contribution in [0.4, 0.5) is 0 Å². The van der Waals surface area contributed by atoms with Crippen molar-refractivity contribution in [1.82, 2.24) is 19.9 Å². The quantitative estimate of drug-likeness (QED) is 0.937. The zero-order valence-electron chi connectivity index (χ0n) is 13.5. The Kier molecular flexibility index (Phi) is 4.43. The van der Waals surface area contributed by atoms with Crippen molar-refractivity contribution in [1.29, 1.82) is 0 Å². The third kappa shape index (κ3) is 3.42. The van der Waals surface area contributed by atoms with Crippen LogP contribution in [0.3, 0.4) is 0 Å². The van der Waals surface area contributed by atoms with E-state index < -0.39 is 5.97 Å². The lowest BCUT2D eigenvalue weighted by Crippen LogP contribution is -2.43. The Morgan fingerprint density at radius 1 is 1.35 bits per heavy atom. The average molecular weight is 314 g/mol. The van der Waals surface area contributed by atoms with E-state index in [4.69, 9.17) is 0 Å². The van der Waals surface area contributed by atoms with Crippen LogP contribution >= 0.6 is 0 Å². The molecule has 2 atom stereocenters. The molecule has 0 amide bonds. The molecule has 1 aliphatic rings. The molecule has 23 heavy (non-hydrogen) atoms. The highest BCUT2D eigenvalue weighted by Crippen LogP contribution is 2.23. The number of carboxylic acids is 1. The van der Waals surface area contributed by atoms with E-state index in [0.29, 0.717) is 19.1 Å². The number of para-hydroxylation sites is 1. The Labute approximate surface area is 135 Å². The summed E-state index contributed by atoms with van der Waals surface area (Å²) in [5, 5.41) is 17.7. The predicted molar refractivity (Wildman–Crippen MR) is 86.3 cm³/mol. The number of rotatable bonds is 4. The first-order chi connectivity index (χ1) is 11.0. The Bertz CT molecular complexity index is 697. The Balaban J connectivity index is 1.73. The summed E-state index contributed by atoms with van der Waals surface area (Å²) in [4.78, 5) is 13.4. The molecule has 2 unspecified atom stereocenters. The molecule has 6 heteroatoms. The zero-order chi connectivity index (χ0) is 16.4. The molecule has 1 fully saturated rings. The van der Waals surface area contributed by atoms with Gasteiger partial charge in [0.05, 0.1) is 23.5 Å². The van der Waals surface area contributed by atoms with Gasteiger partial charge in [-0.05, 0) is 38.3 Å². The Morgan fingerprint density at radius 2 is 2.13 bits per heavy atom. The zero-order valence-corrected chi connectivity index (χ0v) is 13.5. The van der Waals surface area contributed by atoms with Crippen molar-refractivity contribution < 1.29 is 9.90 Å². The molecule has 1 aliphatic heterocycles. The molecular weight excluding hydrogens is 292 g/mol. The number of likely N-dealkylation sites (tertiary alicyclic amines) is 1. The van der Waals surface area contributed by atoms with Gasteiger partial charge in [-0.25, -0.2) is 4.68 Å². The fourth-order valence-electron chi connectivity index (χ4n) is 3.12. The minimum atomic E-state index is -0.703. The van der Waals surface area contributed by atoms with Crippen molar-refractivity contribution in [2.24, 2.45) is 5.92 Å². The van der Waals surface area contributed by atoms with E-state index in [1.807, 2.05) is 37.4 Å². The van der Waals surface area contributed by atoms with Gasteiger partial charge in [0.25, 0.3) is 0 Å². The highest BCUT2D eigenvalue weighted by atomic mass is 16.4. The van der Waals surface area contributed by atoms with Crippen LogP contribution < -0.4 is 0 Å². The minimum Gasteiger partial charge on any atom is -0.481 e. The number of carboxylic acid groups (broad SMARTS) is 1. The summed E-state index contributed by atoms with van der Waals surface area (Å²) < 4.78 is 1.79. The topological polar surface area (TPSA) is 71.2 Å². The third-order valence-electron chi connectivity index (χ3n) is 4.63. The van der Waals surface area contributed by atoms with Crippen LogP contribution in [-0.4, -0.2) is 43.6 Å². The number of hydrogen-bond acceptors (Lipinski definition) is 4. The van der Waals surface area contributed by atoms with Gasteiger partial charge in [-0.3, -0.25) is 9.69 Å². The summed E-state index contributed by atoms with van der Waals surface area (Å²) in [5.74, 6) is -0.983. The van der Waals surface area contributed by atoms with Crippen LogP contribution in [0.2, 0.25) is 0 Å². The number of aromatic nitrogens is 3. The van der Waals surface area contributed by atoms with Gasteiger partial charge >= 0.3 is 5.97 Å². The lowest BCUT2D eigenvalue weighted by Gasteiger charge is -2.35. The first-order valence-electron chi connectivity index (χ1n) is 7.98. The highest BCUT2D eigenvalue weighted by molar-refractivity contribution is 5.70. The molecule has 0 spiro atoms. The molecule has 3 rings (SSSR count). The van der Waals surface area contributed by atoms with E-state index in [-0.39, 0.29) is 5.92 Å². The molecule has 2 aromatic rings. The second-order valence-corrected chi connectivity index (χ2v) is 6.33. The molecule has 0 saturated carbocycles. The summed E-state index contributed by atoms with van der Waals surface area (Å²) in [7, 11) is 0. The number of aryl methyl sites for hydroxylation is 1. The van der Waals surface area contributed by atoms with Crippen LogP contribution in [0.1, 0.15) is 31.0 Å². The number of aliphatic carboxylic acids is 1. The predicted octanol–water partition coefficient (Wildman–Crippen LogP) is 2.26. The molecule has 122 valence electrons. The van der Waals surface area contributed by atoms with Crippen molar-refractivity contribution >= 4 is 5.97 Å². The summed E-state index contributed by atoms with van der Waals surface area (Å²) >= 11 is 0. The second kappa shape index (κ2) is 6.50. The monoisotopic (exact) mass is 314 g/mol. The van der Waals surface area contributed by atoms with Crippen LogP contribution in [0.5, 0.6) is 0 Å². The molecule has 0 radical (unpaired) electrons.